The molecule has 146 valence electrons. The maximum atomic E-state index is 13.1. The monoisotopic (exact) mass is 378 g/mol. The van der Waals surface area contributed by atoms with Gasteiger partial charge in [0.1, 0.15) is 0 Å². The van der Waals surface area contributed by atoms with Gasteiger partial charge in [-0.1, -0.05) is 60.7 Å². The third-order valence-corrected chi connectivity index (χ3v) is 5.66. The van der Waals surface area contributed by atoms with E-state index in [9.17, 15) is 9.90 Å². The summed E-state index contributed by atoms with van der Waals surface area (Å²) in [6.07, 6.45) is 1.90. The van der Waals surface area contributed by atoms with E-state index in [1.807, 2.05) is 59.6 Å². The molecule has 0 radical (unpaired) electrons. The molecule has 4 rings (SSSR count). The summed E-state index contributed by atoms with van der Waals surface area (Å²) < 4.78 is 5.38. The summed E-state index contributed by atoms with van der Waals surface area (Å²) in [6, 6.07) is 19.7. The van der Waals surface area contributed by atoms with Crippen molar-refractivity contribution in [2.24, 2.45) is 16.8 Å². The number of carbonyl (C=O) groups is 1. The number of ether oxygens (including phenoxy) is 1. The Labute approximate surface area is 165 Å². The molecule has 2 aromatic rings. The number of benzene rings is 2. The zero-order valence-corrected chi connectivity index (χ0v) is 15.9. The quantitative estimate of drug-likeness (QED) is 0.786. The lowest BCUT2D eigenvalue weighted by atomic mass is 10.1. The Morgan fingerprint density at radius 1 is 1.11 bits per heavy atom. The normalized spacial score (nSPS) is 25.6. The molecule has 1 saturated carbocycles. The van der Waals surface area contributed by atoms with Gasteiger partial charge in [0.15, 0.2) is 0 Å². The molecule has 0 bridgehead atoms. The molecule has 1 aliphatic heterocycles. The lowest BCUT2D eigenvalue weighted by Crippen LogP contribution is -2.42. The van der Waals surface area contributed by atoms with Crippen molar-refractivity contribution in [1.82, 2.24) is 4.90 Å². The van der Waals surface area contributed by atoms with E-state index in [1.165, 1.54) is 5.56 Å². The van der Waals surface area contributed by atoms with E-state index in [4.69, 9.17) is 4.74 Å². The van der Waals surface area contributed by atoms with Crippen LogP contribution in [-0.2, 0) is 9.53 Å². The molecule has 5 nitrogen and oxygen atoms in total. The van der Waals surface area contributed by atoms with Crippen LogP contribution in [0.3, 0.4) is 0 Å². The van der Waals surface area contributed by atoms with Crippen molar-refractivity contribution in [3.8, 4) is 0 Å². The number of hydrogen-bond acceptors (Lipinski definition) is 4. The van der Waals surface area contributed by atoms with Gasteiger partial charge >= 0.3 is 0 Å². The van der Waals surface area contributed by atoms with Gasteiger partial charge in [0.05, 0.1) is 31.8 Å². The minimum Gasteiger partial charge on any atom is -0.394 e. The Balaban J connectivity index is 1.53. The van der Waals surface area contributed by atoms with E-state index >= 15 is 0 Å². The van der Waals surface area contributed by atoms with Crippen LogP contribution in [0.4, 0.5) is 0 Å². The Morgan fingerprint density at radius 2 is 1.75 bits per heavy atom. The summed E-state index contributed by atoms with van der Waals surface area (Å²) in [6.45, 7) is 2.47. The maximum Gasteiger partial charge on any atom is 0.227 e. The van der Waals surface area contributed by atoms with E-state index in [2.05, 4.69) is 17.1 Å². The van der Waals surface area contributed by atoms with Crippen molar-refractivity contribution in [3.05, 3.63) is 71.8 Å². The Morgan fingerprint density at radius 3 is 2.39 bits per heavy atom. The second-order valence-electron chi connectivity index (χ2n) is 7.38. The lowest BCUT2D eigenvalue weighted by Gasteiger charge is -2.27. The van der Waals surface area contributed by atoms with Gasteiger partial charge in [0.2, 0.25) is 5.91 Å². The fourth-order valence-corrected chi connectivity index (χ4v) is 4.05. The minimum absolute atomic E-state index is 0.0503. The number of rotatable bonds is 6. The van der Waals surface area contributed by atoms with Crippen molar-refractivity contribution in [2.45, 2.75) is 12.0 Å². The number of carbonyl (C=O) groups excluding carboxylic acids is 1. The van der Waals surface area contributed by atoms with Gasteiger partial charge in [0, 0.05) is 31.1 Å². The zero-order valence-electron chi connectivity index (χ0n) is 15.9. The van der Waals surface area contributed by atoms with Crippen molar-refractivity contribution < 1.29 is 14.6 Å². The second-order valence-corrected chi connectivity index (χ2v) is 7.38. The first-order chi connectivity index (χ1) is 13.8. The summed E-state index contributed by atoms with van der Waals surface area (Å²) in [5.74, 6) is 0.319. The zero-order chi connectivity index (χ0) is 19.3. The first-order valence-electron chi connectivity index (χ1n) is 9.90. The average molecular weight is 378 g/mol. The molecule has 1 amide bonds. The smallest absolute Gasteiger partial charge is 0.227 e. The SMILES string of the molecule is O=C([C@@H]1[C@H](C=N[C@@H](CO)c2ccccc2)[C@@H]1c1ccccc1)N1CCOCC1. The molecule has 0 aromatic heterocycles. The number of morpholine rings is 1. The first-order valence-corrected chi connectivity index (χ1v) is 9.90. The molecule has 28 heavy (non-hydrogen) atoms. The molecule has 1 saturated heterocycles. The lowest BCUT2D eigenvalue weighted by molar-refractivity contribution is -0.136. The van der Waals surface area contributed by atoms with Crippen LogP contribution in [0.1, 0.15) is 23.1 Å². The van der Waals surface area contributed by atoms with Crippen LogP contribution in [0.2, 0.25) is 0 Å². The molecule has 2 aromatic carbocycles. The molecule has 1 aliphatic carbocycles. The van der Waals surface area contributed by atoms with Crippen LogP contribution in [0.5, 0.6) is 0 Å². The Bertz CT molecular complexity index is 803. The van der Waals surface area contributed by atoms with Gasteiger partial charge in [-0.05, 0) is 11.1 Å². The summed E-state index contributed by atoms with van der Waals surface area (Å²) in [5.41, 5.74) is 2.15. The molecule has 0 unspecified atom stereocenters. The van der Waals surface area contributed by atoms with Crippen LogP contribution in [0.15, 0.2) is 65.7 Å². The maximum absolute atomic E-state index is 13.1. The molecule has 4 atom stereocenters. The van der Waals surface area contributed by atoms with E-state index in [1.54, 1.807) is 0 Å². The van der Waals surface area contributed by atoms with E-state index in [0.717, 1.165) is 5.56 Å². The summed E-state index contributed by atoms with van der Waals surface area (Å²) in [5, 5.41) is 9.77. The van der Waals surface area contributed by atoms with E-state index in [0.29, 0.717) is 26.3 Å². The fourth-order valence-electron chi connectivity index (χ4n) is 4.05. The highest BCUT2D eigenvalue weighted by molar-refractivity contribution is 5.90. The van der Waals surface area contributed by atoms with Crippen molar-refractivity contribution in [3.63, 3.8) is 0 Å². The van der Waals surface area contributed by atoms with Crippen LogP contribution in [-0.4, -0.2) is 55.0 Å². The van der Waals surface area contributed by atoms with Gasteiger partial charge in [-0.15, -0.1) is 0 Å². The third-order valence-electron chi connectivity index (χ3n) is 5.66. The van der Waals surface area contributed by atoms with Crippen LogP contribution in [0.25, 0.3) is 0 Å². The first kappa shape index (κ1) is 18.8. The van der Waals surface area contributed by atoms with Crippen LogP contribution in [0, 0.1) is 11.8 Å². The predicted octanol–water partition coefficient (Wildman–Crippen LogP) is 2.68. The van der Waals surface area contributed by atoms with Crippen LogP contribution < -0.4 is 0 Å². The predicted molar refractivity (Wildman–Crippen MR) is 108 cm³/mol. The number of aliphatic hydroxyl groups is 1. The standard InChI is InChI=1S/C23H26N2O3/c26-16-20(17-7-3-1-4-8-17)24-15-19-21(18-9-5-2-6-10-18)22(19)23(27)25-11-13-28-14-12-25/h1-10,15,19-22,26H,11-14,16H2/t19-,20+,21+,22-/m1/s1. The summed E-state index contributed by atoms with van der Waals surface area (Å²) in [4.78, 5) is 19.7. The highest BCUT2D eigenvalue weighted by atomic mass is 16.5. The molecule has 0 spiro atoms. The second kappa shape index (κ2) is 8.67. The molecule has 1 N–H and O–H groups in total. The van der Waals surface area contributed by atoms with Gasteiger partial charge < -0.3 is 14.7 Å². The highest BCUT2D eigenvalue weighted by Crippen LogP contribution is 2.54. The van der Waals surface area contributed by atoms with Crippen molar-refractivity contribution in [2.75, 3.05) is 32.9 Å². The van der Waals surface area contributed by atoms with Gasteiger partial charge in [-0.2, -0.15) is 0 Å². The van der Waals surface area contributed by atoms with Gasteiger partial charge in [-0.25, -0.2) is 0 Å². The van der Waals surface area contributed by atoms with Crippen molar-refractivity contribution >= 4 is 12.1 Å². The van der Waals surface area contributed by atoms with Gasteiger partial charge in [-0.3, -0.25) is 9.79 Å². The largest absolute Gasteiger partial charge is 0.394 e. The summed E-state index contributed by atoms with van der Waals surface area (Å²) >= 11 is 0. The molecule has 5 heteroatoms. The molecular formula is C23H26N2O3. The molecule has 1 heterocycles. The molecular weight excluding hydrogens is 352 g/mol. The third kappa shape index (κ3) is 4.01. The molecule has 2 fully saturated rings. The molecule has 2 aliphatic rings. The Hall–Kier alpha value is -2.50. The topological polar surface area (TPSA) is 62.1 Å². The number of aliphatic imine (C=N–C) groups is 1. The van der Waals surface area contributed by atoms with E-state index < -0.39 is 0 Å². The van der Waals surface area contributed by atoms with E-state index in [-0.39, 0.29) is 36.3 Å². The number of hydrogen-bond donors (Lipinski definition) is 1. The van der Waals surface area contributed by atoms with Gasteiger partial charge in [0.25, 0.3) is 0 Å². The highest BCUT2D eigenvalue weighted by Gasteiger charge is 2.55. The summed E-state index contributed by atoms with van der Waals surface area (Å²) in [7, 11) is 0. The Kier molecular flexibility index (Phi) is 5.84. The number of nitrogens with zero attached hydrogens (tertiary/aromatic N) is 2. The van der Waals surface area contributed by atoms with Crippen molar-refractivity contribution in [1.29, 1.82) is 0 Å². The van der Waals surface area contributed by atoms with Crippen LogP contribution >= 0.6 is 0 Å². The minimum atomic E-state index is -0.294. The number of amides is 1. The average Bonchev–Trinajstić information content (AvgIpc) is 3.50. The fraction of sp³-hybridized carbons (Fsp3) is 0.391. The number of aliphatic hydroxyl groups excluding tert-OH is 1.